The Hall–Kier alpha value is -3.09. The first-order valence-electron chi connectivity index (χ1n) is 11.6. The molecule has 4 heterocycles. The summed E-state index contributed by atoms with van der Waals surface area (Å²) < 4.78 is 2.09. The number of rotatable bonds is 5. The number of pyridine rings is 1. The highest BCUT2D eigenvalue weighted by atomic mass is 32.2. The summed E-state index contributed by atoms with van der Waals surface area (Å²) in [6, 6.07) is 21.3. The number of carbonyl (C=O) groups excluding carboxylic acids is 1. The molecule has 2 aliphatic rings. The molecule has 0 unspecified atom stereocenters. The minimum atomic E-state index is 0.0167. The summed E-state index contributed by atoms with van der Waals surface area (Å²) >= 11 is 1.51. The zero-order valence-electron chi connectivity index (χ0n) is 18.4. The van der Waals surface area contributed by atoms with Crippen molar-refractivity contribution in [2.75, 3.05) is 19.6 Å². The van der Waals surface area contributed by atoms with Gasteiger partial charge in [0.05, 0.1) is 21.8 Å². The predicted octanol–water partition coefficient (Wildman–Crippen LogP) is 4.96. The third-order valence-corrected chi connectivity index (χ3v) is 7.77. The van der Waals surface area contributed by atoms with Crippen molar-refractivity contribution < 1.29 is 4.79 Å². The van der Waals surface area contributed by atoms with Crippen LogP contribution < -0.4 is 5.32 Å². The topological polar surface area (TPSA) is 49.6 Å². The summed E-state index contributed by atoms with van der Waals surface area (Å²) in [6.45, 7) is 3.88. The van der Waals surface area contributed by atoms with Gasteiger partial charge in [0, 0.05) is 13.1 Å². The first-order valence-corrected chi connectivity index (χ1v) is 12.4. The van der Waals surface area contributed by atoms with E-state index in [1.54, 1.807) is 0 Å². The van der Waals surface area contributed by atoms with Crippen molar-refractivity contribution in [1.29, 1.82) is 0 Å². The number of carbonyl (C=O) groups is 1. The fraction of sp³-hybridized carbons (Fsp3) is 0.259. The molecule has 4 aromatic rings. The number of nitrogens with zero attached hydrogens (tertiary/aromatic N) is 3. The molecule has 0 radical (unpaired) electrons. The van der Waals surface area contributed by atoms with Gasteiger partial charge in [0.1, 0.15) is 5.65 Å². The number of fused-ring (bicyclic) bond motifs is 1. The normalized spacial score (nSPS) is 16.8. The second-order valence-corrected chi connectivity index (χ2v) is 10.0. The molecule has 1 fully saturated rings. The lowest BCUT2D eigenvalue weighted by Gasteiger charge is -2.32. The van der Waals surface area contributed by atoms with Crippen LogP contribution in [0.25, 0.3) is 22.5 Å². The number of amides is 1. The van der Waals surface area contributed by atoms with E-state index in [-0.39, 0.29) is 5.91 Å². The molecule has 1 N–H and O–H groups in total. The number of hydrogen-bond acceptors (Lipinski definition) is 4. The molecule has 0 atom stereocenters. The molecule has 2 aromatic carbocycles. The standard InChI is InChI=1S/C27H26N4OS/c32-27(24-15-23-17-28-25-6-3-7-26(33-24)31(23)25)29-16-19-10-12-30(13-11-19)18-20-8-9-21-4-1-2-5-22(21)14-20/h1-9,14-15,17,19H,10-13,16,18H2,(H,29,32). The molecule has 1 amide bonds. The molecule has 1 saturated heterocycles. The highest BCUT2D eigenvalue weighted by Gasteiger charge is 2.23. The van der Waals surface area contributed by atoms with Gasteiger partial charge in [-0.2, -0.15) is 0 Å². The smallest absolute Gasteiger partial charge is 0.258 e. The van der Waals surface area contributed by atoms with Crippen molar-refractivity contribution >= 4 is 40.2 Å². The van der Waals surface area contributed by atoms with Gasteiger partial charge >= 0.3 is 0 Å². The van der Waals surface area contributed by atoms with Gasteiger partial charge in [-0.3, -0.25) is 14.1 Å². The van der Waals surface area contributed by atoms with E-state index in [1.165, 1.54) is 28.1 Å². The monoisotopic (exact) mass is 454 g/mol. The molecule has 2 aliphatic heterocycles. The van der Waals surface area contributed by atoms with Gasteiger partial charge in [-0.15, -0.1) is 0 Å². The summed E-state index contributed by atoms with van der Waals surface area (Å²) in [7, 11) is 0. The van der Waals surface area contributed by atoms with Crippen molar-refractivity contribution in [2.45, 2.75) is 24.4 Å². The Kier molecular flexibility index (Phi) is 5.40. The van der Waals surface area contributed by atoms with Gasteiger partial charge in [-0.05, 0) is 72.5 Å². The Bertz CT molecular complexity index is 1370. The van der Waals surface area contributed by atoms with Crippen LogP contribution in [-0.4, -0.2) is 39.8 Å². The highest BCUT2D eigenvalue weighted by molar-refractivity contribution is 8.04. The van der Waals surface area contributed by atoms with Crippen LogP contribution in [0.2, 0.25) is 0 Å². The van der Waals surface area contributed by atoms with Gasteiger partial charge in [-0.1, -0.05) is 54.2 Å². The third kappa shape index (κ3) is 4.16. The van der Waals surface area contributed by atoms with Gasteiger partial charge < -0.3 is 5.32 Å². The lowest BCUT2D eigenvalue weighted by Crippen LogP contribution is -2.38. The Morgan fingerprint density at radius 3 is 2.76 bits per heavy atom. The average Bonchev–Trinajstić information content (AvgIpc) is 3.28. The van der Waals surface area contributed by atoms with E-state index in [0.717, 1.165) is 60.3 Å². The molecule has 0 aliphatic carbocycles. The van der Waals surface area contributed by atoms with Crippen LogP contribution in [0.15, 0.2) is 76.8 Å². The van der Waals surface area contributed by atoms with Crippen LogP contribution in [0.1, 0.15) is 24.1 Å². The van der Waals surface area contributed by atoms with E-state index in [9.17, 15) is 4.79 Å². The van der Waals surface area contributed by atoms with Crippen molar-refractivity contribution in [3.8, 4) is 0 Å². The molecule has 2 aromatic heterocycles. The van der Waals surface area contributed by atoms with E-state index < -0.39 is 0 Å². The van der Waals surface area contributed by atoms with Gasteiger partial charge in [-0.25, -0.2) is 4.98 Å². The maximum atomic E-state index is 12.9. The Balaban J connectivity index is 1.02. The molecular weight excluding hydrogens is 428 g/mol. The van der Waals surface area contributed by atoms with Gasteiger partial charge in [0.2, 0.25) is 0 Å². The summed E-state index contributed by atoms with van der Waals surface area (Å²) in [4.78, 5) is 20.6. The van der Waals surface area contributed by atoms with E-state index in [2.05, 4.69) is 62.1 Å². The van der Waals surface area contributed by atoms with E-state index >= 15 is 0 Å². The SMILES string of the molecule is O=C(NCC1CCN(Cc2ccc3ccccc3c2)CC1)C1=Cc2cnc3cccc(n23)S1. The third-order valence-electron chi connectivity index (χ3n) is 6.72. The Labute approximate surface area is 197 Å². The molecule has 0 saturated carbocycles. The summed E-state index contributed by atoms with van der Waals surface area (Å²) in [5.41, 5.74) is 3.25. The first kappa shape index (κ1) is 20.5. The molecule has 5 nitrogen and oxygen atoms in total. The van der Waals surface area contributed by atoms with Crippen LogP contribution in [0.3, 0.4) is 0 Å². The second-order valence-electron chi connectivity index (χ2n) is 8.96. The lowest BCUT2D eigenvalue weighted by atomic mass is 9.96. The predicted molar refractivity (Wildman–Crippen MR) is 134 cm³/mol. The number of hydrogen-bond donors (Lipinski definition) is 1. The summed E-state index contributed by atoms with van der Waals surface area (Å²) in [5, 5.41) is 6.82. The minimum absolute atomic E-state index is 0.0167. The number of piperidine rings is 1. The zero-order valence-corrected chi connectivity index (χ0v) is 19.2. The second kappa shape index (κ2) is 8.69. The van der Waals surface area contributed by atoms with Crippen LogP contribution in [0.5, 0.6) is 0 Å². The lowest BCUT2D eigenvalue weighted by molar-refractivity contribution is -0.117. The Morgan fingerprint density at radius 1 is 1.03 bits per heavy atom. The number of imidazole rings is 1. The van der Waals surface area contributed by atoms with E-state index in [0.29, 0.717) is 5.92 Å². The maximum Gasteiger partial charge on any atom is 0.258 e. The number of nitrogens with one attached hydrogen (secondary N) is 1. The fourth-order valence-corrected chi connectivity index (χ4v) is 5.87. The van der Waals surface area contributed by atoms with Crippen molar-refractivity contribution in [1.82, 2.24) is 19.6 Å². The van der Waals surface area contributed by atoms with Crippen LogP contribution in [-0.2, 0) is 11.3 Å². The first-order chi connectivity index (χ1) is 16.2. The van der Waals surface area contributed by atoms with Crippen molar-refractivity contribution in [2.24, 2.45) is 5.92 Å². The van der Waals surface area contributed by atoms with E-state index in [4.69, 9.17) is 0 Å². The zero-order chi connectivity index (χ0) is 22.2. The van der Waals surface area contributed by atoms with Crippen LogP contribution >= 0.6 is 11.8 Å². The van der Waals surface area contributed by atoms with Gasteiger partial charge in [0.25, 0.3) is 5.91 Å². The highest BCUT2D eigenvalue weighted by Crippen LogP contribution is 2.34. The largest absolute Gasteiger partial charge is 0.351 e. The average molecular weight is 455 g/mol. The van der Waals surface area contributed by atoms with Crippen LogP contribution in [0, 0.1) is 5.92 Å². The summed E-state index contributed by atoms with van der Waals surface area (Å²) in [6.07, 6.45) is 6.01. The molecule has 166 valence electrons. The number of thioether (sulfide) groups is 1. The van der Waals surface area contributed by atoms with E-state index in [1.807, 2.05) is 30.5 Å². The fourth-order valence-electron chi connectivity index (χ4n) is 4.87. The molecule has 6 rings (SSSR count). The number of benzene rings is 2. The van der Waals surface area contributed by atoms with Crippen molar-refractivity contribution in [3.63, 3.8) is 0 Å². The molecule has 6 heteroatoms. The number of likely N-dealkylation sites (tertiary alicyclic amines) is 1. The Morgan fingerprint density at radius 2 is 1.88 bits per heavy atom. The van der Waals surface area contributed by atoms with Gasteiger partial charge in [0.15, 0.2) is 0 Å². The molecule has 33 heavy (non-hydrogen) atoms. The molecular formula is C27H26N4OS. The number of aromatic nitrogens is 2. The molecule has 0 spiro atoms. The quantitative estimate of drug-likeness (QED) is 0.463. The van der Waals surface area contributed by atoms with Crippen molar-refractivity contribution in [3.05, 3.63) is 83.0 Å². The summed E-state index contributed by atoms with van der Waals surface area (Å²) in [5.74, 6) is 0.549. The molecule has 0 bridgehead atoms. The van der Waals surface area contributed by atoms with Crippen LogP contribution in [0.4, 0.5) is 0 Å². The minimum Gasteiger partial charge on any atom is -0.351 e. The maximum absolute atomic E-state index is 12.9.